The zero-order valence-corrected chi connectivity index (χ0v) is 18.7. The van der Waals surface area contributed by atoms with Gasteiger partial charge in [0, 0.05) is 43.0 Å². The summed E-state index contributed by atoms with van der Waals surface area (Å²) in [5.74, 6) is 0. The van der Waals surface area contributed by atoms with Crippen molar-refractivity contribution >= 4 is 10.9 Å². The van der Waals surface area contributed by atoms with E-state index in [2.05, 4.69) is 66.8 Å². The lowest BCUT2D eigenvalue weighted by atomic mass is 10.1. The molecule has 6 rings (SSSR count). The summed E-state index contributed by atoms with van der Waals surface area (Å²) in [4.78, 5) is 6.55. The number of fused-ring (bicyclic) bond motifs is 1. The van der Waals surface area contributed by atoms with E-state index >= 15 is 0 Å². The molecule has 0 bridgehead atoms. The lowest BCUT2D eigenvalue weighted by Crippen LogP contribution is -2.39. The summed E-state index contributed by atoms with van der Waals surface area (Å²) in [7, 11) is 0. The maximum Gasteiger partial charge on any atom is 0.116 e. The van der Waals surface area contributed by atoms with E-state index in [1.807, 2.05) is 35.1 Å². The zero-order chi connectivity index (χ0) is 22.7. The van der Waals surface area contributed by atoms with Crippen LogP contribution < -0.4 is 0 Å². The van der Waals surface area contributed by atoms with Crippen LogP contribution in [0.5, 0.6) is 0 Å². The average molecular weight is 452 g/mol. The summed E-state index contributed by atoms with van der Waals surface area (Å²) in [5, 5.41) is 17.5. The molecule has 2 aromatic carbocycles. The molecule has 8 heteroatoms. The second kappa shape index (κ2) is 9.17. The Bertz CT molecular complexity index is 1380. The molecule has 4 heterocycles. The lowest BCUT2D eigenvalue weighted by molar-refractivity contribution is -0.0317. The summed E-state index contributed by atoms with van der Waals surface area (Å²) in [6, 6.07) is 20.6. The molecule has 0 amide bonds. The fourth-order valence-corrected chi connectivity index (χ4v) is 4.44. The first-order valence-corrected chi connectivity index (χ1v) is 11.5. The molecule has 1 N–H and O–H groups in total. The smallest absolute Gasteiger partial charge is 0.116 e. The molecule has 0 spiro atoms. The van der Waals surface area contributed by atoms with Crippen molar-refractivity contribution in [3.8, 4) is 16.9 Å². The van der Waals surface area contributed by atoms with Crippen molar-refractivity contribution in [1.82, 2.24) is 35.1 Å². The number of pyridine rings is 1. The number of hydrogen-bond donors (Lipinski definition) is 1. The second-order valence-corrected chi connectivity index (χ2v) is 8.52. The molecular formula is C26H25N7O. The maximum atomic E-state index is 6.05. The van der Waals surface area contributed by atoms with Gasteiger partial charge in [-0.05, 0) is 42.3 Å². The number of aromatic amines is 1. The highest BCUT2D eigenvalue weighted by molar-refractivity contribution is 5.94. The first-order valence-electron chi connectivity index (χ1n) is 11.5. The van der Waals surface area contributed by atoms with Gasteiger partial charge < -0.3 is 4.74 Å². The fraction of sp³-hybridized carbons (Fsp3) is 0.231. The third-order valence-corrected chi connectivity index (χ3v) is 6.32. The Labute approximate surface area is 197 Å². The van der Waals surface area contributed by atoms with Gasteiger partial charge in [-0.3, -0.25) is 15.0 Å². The van der Waals surface area contributed by atoms with Gasteiger partial charge in [0.25, 0.3) is 0 Å². The van der Waals surface area contributed by atoms with Crippen molar-refractivity contribution in [3.05, 3.63) is 90.5 Å². The summed E-state index contributed by atoms with van der Waals surface area (Å²) >= 11 is 0. The van der Waals surface area contributed by atoms with E-state index in [9.17, 15) is 0 Å². The number of nitrogens with one attached hydrogen (secondary N) is 1. The van der Waals surface area contributed by atoms with E-state index in [1.54, 1.807) is 12.4 Å². The molecule has 1 aliphatic heterocycles. The van der Waals surface area contributed by atoms with Crippen molar-refractivity contribution in [3.63, 3.8) is 0 Å². The Kier molecular flexibility index (Phi) is 5.58. The van der Waals surface area contributed by atoms with Crippen molar-refractivity contribution in [2.45, 2.75) is 12.5 Å². The molecule has 0 radical (unpaired) electrons. The minimum atomic E-state index is -0.0803. The molecule has 34 heavy (non-hydrogen) atoms. The molecule has 8 nitrogen and oxygen atoms in total. The first-order chi connectivity index (χ1) is 16.8. The summed E-state index contributed by atoms with van der Waals surface area (Å²) in [5.41, 5.74) is 6.02. The molecule has 1 saturated heterocycles. The van der Waals surface area contributed by atoms with E-state index in [0.717, 1.165) is 59.6 Å². The minimum absolute atomic E-state index is 0.0803. The quantitative estimate of drug-likeness (QED) is 0.423. The van der Waals surface area contributed by atoms with Gasteiger partial charge in [-0.1, -0.05) is 35.5 Å². The minimum Gasteiger partial charge on any atom is -0.369 e. The van der Waals surface area contributed by atoms with Crippen LogP contribution >= 0.6 is 0 Å². The van der Waals surface area contributed by atoms with Crippen LogP contribution in [0.15, 0.2) is 79.3 Å². The third kappa shape index (κ3) is 4.21. The van der Waals surface area contributed by atoms with Crippen LogP contribution in [0.4, 0.5) is 0 Å². The van der Waals surface area contributed by atoms with Gasteiger partial charge in [0.15, 0.2) is 0 Å². The van der Waals surface area contributed by atoms with Crippen LogP contribution in [0.2, 0.25) is 0 Å². The Morgan fingerprint density at radius 2 is 1.91 bits per heavy atom. The van der Waals surface area contributed by atoms with E-state index in [1.165, 1.54) is 5.56 Å². The molecule has 1 fully saturated rings. The average Bonchev–Trinajstić information content (AvgIpc) is 3.56. The van der Waals surface area contributed by atoms with E-state index in [4.69, 9.17) is 4.74 Å². The van der Waals surface area contributed by atoms with Crippen molar-refractivity contribution in [2.24, 2.45) is 0 Å². The molecular weight excluding hydrogens is 426 g/mol. The van der Waals surface area contributed by atoms with Crippen LogP contribution in [0.25, 0.3) is 27.8 Å². The topological polar surface area (TPSA) is 84.8 Å². The SMILES string of the molecule is c1ccc(CCN2CCO[C@@H](c3cn(-c4ccc5[nH]nc(-c6ccncc6)c5c4)nn3)C2)cc1. The molecule has 3 aromatic heterocycles. The van der Waals surface area contributed by atoms with Crippen molar-refractivity contribution in [2.75, 3.05) is 26.2 Å². The van der Waals surface area contributed by atoms with Crippen LogP contribution in [0.3, 0.4) is 0 Å². The standard InChI is InChI=1S/C26H25N7O/c1-2-4-19(5-3-1)10-13-32-14-15-34-25(18-32)24-17-33(31-29-24)21-6-7-23-22(16-21)26(30-28-23)20-8-11-27-12-9-20/h1-9,11-12,16-17,25H,10,13-15,18H2,(H,28,30)/t25-/m1/s1. The molecule has 0 saturated carbocycles. The van der Waals surface area contributed by atoms with Gasteiger partial charge in [0.2, 0.25) is 0 Å². The van der Waals surface area contributed by atoms with Gasteiger partial charge in [0.05, 0.1) is 24.0 Å². The van der Waals surface area contributed by atoms with Gasteiger partial charge >= 0.3 is 0 Å². The van der Waals surface area contributed by atoms with Crippen LogP contribution in [-0.4, -0.2) is 61.3 Å². The van der Waals surface area contributed by atoms with Gasteiger partial charge in [-0.15, -0.1) is 5.10 Å². The van der Waals surface area contributed by atoms with E-state index < -0.39 is 0 Å². The molecule has 0 unspecified atom stereocenters. The highest BCUT2D eigenvalue weighted by Crippen LogP contribution is 2.28. The monoisotopic (exact) mass is 451 g/mol. The van der Waals surface area contributed by atoms with Gasteiger partial charge in [-0.25, -0.2) is 4.68 Å². The van der Waals surface area contributed by atoms with Gasteiger partial charge in [0.1, 0.15) is 17.5 Å². The largest absolute Gasteiger partial charge is 0.369 e. The zero-order valence-electron chi connectivity index (χ0n) is 18.7. The number of nitrogens with zero attached hydrogens (tertiary/aromatic N) is 6. The Balaban J connectivity index is 1.19. The van der Waals surface area contributed by atoms with Crippen LogP contribution in [0, 0.1) is 0 Å². The number of morpholine rings is 1. The molecule has 0 aliphatic carbocycles. The van der Waals surface area contributed by atoms with Crippen LogP contribution in [0.1, 0.15) is 17.4 Å². The first kappa shape index (κ1) is 20.7. The number of H-pyrrole nitrogens is 1. The Hall–Kier alpha value is -3.88. The number of rotatable bonds is 6. The normalized spacial score (nSPS) is 16.8. The number of ether oxygens (including phenoxy) is 1. The summed E-state index contributed by atoms with van der Waals surface area (Å²) in [6.45, 7) is 3.46. The highest BCUT2D eigenvalue weighted by Gasteiger charge is 2.24. The van der Waals surface area contributed by atoms with Crippen molar-refractivity contribution < 1.29 is 4.74 Å². The van der Waals surface area contributed by atoms with Gasteiger partial charge in [-0.2, -0.15) is 5.10 Å². The van der Waals surface area contributed by atoms with E-state index in [-0.39, 0.29) is 6.10 Å². The maximum absolute atomic E-state index is 6.05. The summed E-state index contributed by atoms with van der Waals surface area (Å²) in [6.07, 6.45) is 6.47. The second-order valence-electron chi connectivity index (χ2n) is 8.52. The number of hydrogen-bond acceptors (Lipinski definition) is 6. The van der Waals surface area contributed by atoms with Crippen LogP contribution in [-0.2, 0) is 11.2 Å². The number of benzene rings is 2. The predicted molar refractivity (Wildman–Crippen MR) is 130 cm³/mol. The number of aromatic nitrogens is 6. The predicted octanol–water partition coefficient (Wildman–Crippen LogP) is 3.82. The molecule has 1 atom stereocenters. The third-order valence-electron chi connectivity index (χ3n) is 6.32. The Morgan fingerprint density at radius 3 is 2.79 bits per heavy atom. The molecule has 5 aromatic rings. The fourth-order valence-electron chi connectivity index (χ4n) is 4.44. The molecule has 1 aliphatic rings. The van der Waals surface area contributed by atoms with E-state index in [0.29, 0.717) is 6.61 Å². The Morgan fingerprint density at radius 1 is 1.03 bits per heavy atom. The highest BCUT2D eigenvalue weighted by atomic mass is 16.5. The molecule has 170 valence electrons. The van der Waals surface area contributed by atoms with Crippen molar-refractivity contribution in [1.29, 1.82) is 0 Å². The lowest BCUT2D eigenvalue weighted by Gasteiger charge is -2.31. The summed E-state index contributed by atoms with van der Waals surface area (Å²) < 4.78 is 7.86.